The van der Waals surface area contributed by atoms with Gasteiger partial charge in [-0.3, -0.25) is 9.59 Å². The van der Waals surface area contributed by atoms with Crippen LogP contribution in [0, 0.1) is 0 Å². The van der Waals surface area contributed by atoms with E-state index in [9.17, 15) is 14.4 Å². The predicted octanol–water partition coefficient (Wildman–Crippen LogP) is 2.79. The first kappa shape index (κ1) is 22.0. The molecule has 0 atom stereocenters. The number of hydrogen-bond donors (Lipinski definition) is 2. The van der Waals surface area contributed by atoms with Crippen molar-refractivity contribution in [1.29, 1.82) is 0 Å². The van der Waals surface area contributed by atoms with Gasteiger partial charge in [0.2, 0.25) is 5.91 Å². The second-order valence-corrected chi connectivity index (χ2v) is 6.35. The van der Waals surface area contributed by atoms with Crippen molar-refractivity contribution in [2.24, 2.45) is 0 Å². The second-order valence-electron chi connectivity index (χ2n) is 5.91. The van der Waals surface area contributed by atoms with Crippen LogP contribution in [-0.4, -0.2) is 38.6 Å². The van der Waals surface area contributed by atoms with Crippen LogP contribution in [0.3, 0.4) is 0 Å². The summed E-state index contributed by atoms with van der Waals surface area (Å²) in [6.45, 7) is 1.08. The van der Waals surface area contributed by atoms with E-state index in [1.807, 2.05) is 0 Å². The number of amides is 2. The summed E-state index contributed by atoms with van der Waals surface area (Å²) in [5, 5.41) is 5.77. The standard InChI is InChI=1S/C20H21ClN2O6/c1-12(24)23-16-9-18(28-3)17(27-2)8-15(16)20(26)29-11-19(25)22-10-13-4-6-14(21)7-5-13/h4-9H,10-11H2,1-3H3,(H,22,25)(H,23,24). The highest BCUT2D eigenvalue weighted by atomic mass is 35.5. The molecule has 29 heavy (non-hydrogen) atoms. The lowest BCUT2D eigenvalue weighted by Crippen LogP contribution is -2.28. The van der Waals surface area contributed by atoms with Crippen molar-refractivity contribution < 1.29 is 28.6 Å². The lowest BCUT2D eigenvalue weighted by Gasteiger charge is -2.14. The Balaban J connectivity index is 2.03. The van der Waals surface area contributed by atoms with E-state index in [1.165, 1.54) is 33.3 Å². The minimum Gasteiger partial charge on any atom is -0.493 e. The lowest BCUT2D eigenvalue weighted by atomic mass is 10.1. The van der Waals surface area contributed by atoms with E-state index >= 15 is 0 Å². The number of hydrogen-bond acceptors (Lipinski definition) is 6. The zero-order chi connectivity index (χ0) is 21.4. The van der Waals surface area contributed by atoms with Gasteiger partial charge in [-0.25, -0.2) is 4.79 Å². The smallest absolute Gasteiger partial charge is 0.340 e. The molecular formula is C20H21ClN2O6. The quantitative estimate of drug-likeness (QED) is 0.636. The topological polar surface area (TPSA) is 103 Å². The molecule has 154 valence electrons. The average molecular weight is 421 g/mol. The third-order valence-corrected chi connectivity index (χ3v) is 4.04. The first-order chi connectivity index (χ1) is 13.8. The molecule has 0 aliphatic rings. The zero-order valence-electron chi connectivity index (χ0n) is 16.2. The fraction of sp³-hybridized carbons (Fsp3) is 0.250. The number of esters is 1. The van der Waals surface area contributed by atoms with Crippen LogP contribution in [0.5, 0.6) is 11.5 Å². The third-order valence-electron chi connectivity index (χ3n) is 3.79. The van der Waals surface area contributed by atoms with E-state index in [4.69, 9.17) is 25.8 Å². The molecule has 2 N–H and O–H groups in total. The van der Waals surface area contributed by atoms with Gasteiger partial charge in [-0.15, -0.1) is 0 Å². The van der Waals surface area contributed by atoms with Crippen LogP contribution in [0.4, 0.5) is 5.69 Å². The highest BCUT2D eigenvalue weighted by Crippen LogP contribution is 2.33. The van der Waals surface area contributed by atoms with Crippen molar-refractivity contribution >= 4 is 35.1 Å². The van der Waals surface area contributed by atoms with Crippen molar-refractivity contribution in [3.63, 3.8) is 0 Å². The maximum Gasteiger partial charge on any atom is 0.340 e. The molecule has 2 aromatic rings. The molecule has 0 aromatic heterocycles. The van der Waals surface area contributed by atoms with Crippen molar-refractivity contribution in [2.45, 2.75) is 13.5 Å². The molecule has 2 amide bonds. The van der Waals surface area contributed by atoms with Gasteiger partial charge < -0.3 is 24.8 Å². The van der Waals surface area contributed by atoms with Crippen LogP contribution in [0.15, 0.2) is 36.4 Å². The molecular weight excluding hydrogens is 400 g/mol. The number of rotatable bonds is 8. The summed E-state index contributed by atoms with van der Waals surface area (Å²) in [6.07, 6.45) is 0. The number of nitrogens with one attached hydrogen (secondary N) is 2. The zero-order valence-corrected chi connectivity index (χ0v) is 17.0. The van der Waals surface area contributed by atoms with E-state index in [-0.39, 0.29) is 29.5 Å². The third kappa shape index (κ3) is 6.39. The largest absolute Gasteiger partial charge is 0.493 e. The summed E-state index contributed by atoms with van der Waals surface area (Å²) < 4.78 is 15.4. The first-order valence-corrected chi connectivity index (χ1v) is 8.93. The summed E-state index contributed by atoms with van der Waals surface area (Å²) in [4.78, 5) is 35.9. The number of halogens is 1. The Morgan fingerprint density at radius 1 is 1.00 bits per heavy atom. The summed E-state index contributed by atoms with van der Waals surface area (Å²) in [5.74, 6) is -1.05. The van der Waals surface area contributed by atoms with Gasteiger partial charge in [-0.1, -0.05) is 23.7 Å². The molecule has 0 radical (unpaired) electrons. The SMILES string of the molecule is COc1cc(NC(C)=O)c(C(=O)OCC(=O)NCc2ccc(Cl)cc2)cc1OC. The number of methoxy groups -OCH3 is 2. The van der Waals surface area contributed by atoms with Gasteiger partial charge in [0.15, 0.2) is 18.1 Å². The maximum atomic E-state index is 12.5. The molecule has 0 aliphatic carbocycles. The number of ether oxygens (including phenoxy) is 3. The van der Waals surface area contributed by atoms with Crippen LogP contribution < -0.4 is 20.1 Å². The van der Waals surface area contributed by atoms with Crippen molar-refractivity contribution in [1.82, 2.24) is 5.32 Å². The monoisotopic (exact) mass is 420 g/mol. The number of anilines is 1. The Bertz CT molecular complexity index is 899. The Labute approximate surface area is 173 Å². The maximum absolute atomic E-state index is 12.5. The van der Waals surface area contributed by atoms with Gasteiger partial charge in [-0.2, -0.15) is 0 Å². The molecule has 0 saturated heterocycles. The normalized spacial score (nSPS) is 10.1. The van der Waals surface area contributed by atoms with E-state index in [2.05, 4.69) is 10.6 Å². The molecule has 2 rings (SSSR count). The Morgan fingerprint density at radius 3 is 2.21 bits per heavy atom. The fourth-order valence-electron chi connectivity index (χ4n) is 2.40. The molecule has 0 aliphatic heterocycles. The van der Waals surface area contributed by atoms with E-state index in [0.717, 1.165) is 5.56 Å². The van der Waals surface area contributed by atoms with Crippen molar-refractivity contribution in [3.05, 3.63) is 52.5 Å². The highest BCUT2D eigenvalue weighted by Gasteiger charge is 2.20. The molecule has 2 aromatic carbocycles. The summed E-state index contributed by atoms with van der Waals surface area (Å²) >= 11 is 5.81. The number of carbonyl (C=O) groups excluding carboxylic acids is 3. The van der Waals surface area contributed by atoms with Crippen molar-refractivity contribution in [3.8, 4) is 11.5 Å². The molecule has 0 heterocycles. The lowest BCUT2D eigenvalue weighted by molar-refractivity contribution is -0.124. The minimum absolute atomic E-state index is 0.0309. The van der Waals surface area contributed by atoms with Crippen LogP contribution in [0.1, 0.15) is 22.8 Å². The summed E-state index contributed by atoms with van der Waals surface area (Å²) in [5.41, 5.74) is 1.06. The predicted molar refractivity (Wildman–Crippen MR) is 107 cm³/mol. The summed E-state index contributed by atoms with van der Waals surface area (Å²) in [7, 11) is 2.84. The van der Waals surface area contributed by atoms with Gasteiger partial charge in [0.25, 0.3) is 5.91 Å². The van der Waals surface area contributed by atoms with Gasteiger partial charge in [0.1, 0.15) is 0 Å². The molecule has 8 nitrogen and oxygen atoms in total. The van der Waals surface area contributed by atoms with Crippen LogP contribution in [0.2, 0.25) is 5.02 Å². The first-order valence-electron chi connectivity index (χ1n) is 8.56. The molecule has 0 unspecified atom stereocenters. The minimum atomic E-state index is -0.795. The van der Waals surface area contributed by atoms with Gasteiger partial charge in [0, 0.05) is 30.6 Å². The van der Waals surface area contributed by atoms with Crippen molar-refractivity contribution in [2.75, 3.05) is 26.1 Å². The van der Waals surface area contributed by atoms with Crippen LogP contribution in [-0.2, 0) is 20.9 Å². The molecule has 9 heteroatoms. The molecule has 0 saturated carbocycles. The van der Waals surface area contributed by atoms with E-state index in [0.29, 0.717) is 10.8 Å². The van der Waals surface area contributed by atoms with E-state index < -0.39 is 18.5 Å². The Hall–Kier alpha value is -3.26. The highest BCUT2D eigenvalue weighted by molar-refractivity contribution is 6.30. The van der Waals surface area contributed by atoms with Crippen LogP contribution in [0.25, 0.3) is 0 Å². The van der Waals surface area contributed by atoms with Gasteiger partial charge in [0.05, 0.1) is 25.5 Å². The molecule has 0 spiro atoms. The number of carbonyl (C=O) groups is 3. The van der Waals surface area contributed by atoms with E-state index in [1.54, 1.807) is 24.3 Å². The van der Waals surface area contributed by atoms with Gasteiger partial charge >= 0.3 is 5.97 Å². The molecule has 0 fully saturated rings. The number of benzene rings is 2. The average Bonchev–Trinajstić information content (AvgIpc) is 2.70. The fourth-order valence-corrected chi connectivity index (χ4v) is 2.53. The second kappa shape index (κ2) is 10.3. The van der Waals surface area contributed by atoms with Crippen LogP contribution >= 0.6 is 11.6 Å². The Kier molecular flexibility index (Phi) is 7.85. The summed E-state index contributed by atoms with van der Waals surface area (Å²) in [6, 6.07) is 9.79. The van der Waals surface area contributed by atoms with Gasteiger partial charge in [-0.05, 0) is 17.7 Å². The molecule has 0 bridgehead atoms. The Morgan fingerprint density at radius 2 is 1.62 bits per heavy atom.